The lowest BCUT2D eigenvalue weighted by Crippen LogP contribution is -2.45. The Morgan fingerprint density at radius 1 is 1.69 bits per heavy atom. The van der Waals surface area contributed by atoms with Crippen LogP contribution in [0.25, 0.3) is 0 Å². The number of aliphatic carboxylic acids is 1. The summed E-state index contributed by atoms with van der Waals surface area (Å²) in [5.74, 6) is 1.24. The number of terminal acetylenes is 1. The van der Waals surface area contributed by atoms with Gasteiger partial charge in [0, 0.05) is 13.0 Å². The molecule has 0 aliphatic carbocycles. The van der Waals surface area contributed by atoms with E-state index in [0.717, 1.165) is 6.42 Å². The zero-order valence-electron chi connectivity index (χ0n) is 7.71. The maximum Gasteiger partial charge on any atom is 0.336 e. The minimum Gasteiger partial charge on any atom is -0.479 e. The molecule has 4 heteroatoms. The molecular weight excluding hydrogens is 170 g/mol. The second-order valence-corrected chi connectivity index (χ2v) is 3.06. The van der Waals surface area contributed by atoms with Crippen molar-refractivity contribution in [3.63, 3.8) is 0 Å². The molecule has 13 heavy (non-hydrogen) atoms. The Morgan fingerprint density at radius 3 is 2.77 bits per heavy atom. The Balaban J connectivity index is 3.53. The quantitative estimate of drug-likeness (QED) is 0.397. The van der Waals surface area contributed by atoms with Crippen molar-refractivity contribution in [1.29, 1.82) is 0 Å². The van der Waals surface area contributed by atoms with Crippen LogP contribution in [0.15, 0.2) is 0 Å². The second kappa shape index (κ2) is 5.57. The minimum absolute atomic E-state index is 0.0346. The Bertz CT molecular complexity index is 205. The van der Waals surface area contributed by atoms with Crippen LogP contribution in [0, 0.1) is 12.3 Å². The van der Waals surface area contributed by atoms with Crippen LogP contribution < -0.4 is 5.32 Å². The fourth-order valence-electron chi connectivity index (χ4n) is 0.723. The molecule has 0 fully saturated rings. The molecule has 3 N–H and O–H groups in total. The summed E-state index contributed by atoms with van der Waals surface area (Å²) in [5.41, 5.74) is -1.70. The van der Waals surface area contributed by atoms with Crippen molar-refractivity contribution in [2.75, 3.05) is 13.1 Å². The van der Waals surface area contributed by atoms with Gasteiger partial charge in [0.2, 0.25) is 0 Å². The molecule has 0 bridgehead atoms. The number of nitrogens with one attached hydrogen (secondary N) is 1. The first-order valence-electron chi connectivity index (χ1n) is 4.10. The number of hydrogen-bond donors (Lipinski definition) is 3. The van der Waals surface area contributed by atoms with Crippen molar-refractivity contribution >= 4 is 5.97 Å². The van der Waals surface area contributed by atoms with Gasteiger partial charge >= 0.3 is 5.97 Å². The highest BCUT2D eigenvalue weighted by atomic mass is 16.4. The van der Waals surface area contributed by atoms with E-state index in [-0.39, 0.29) is 6.54 Å². The Labute approximate surface area is 78.0 Å². The van der Waals surface area contributed by atoms with Crippen molar-refractivity contribution in [3.8, 4) is 12.3 Å². The summed E-state index contributed by atoms with van der Waals surface area (Å²) < 4.78 is 0. The van der Waals surface area contributed by atoms with Gasteiger partial charge in [-0.2, -0.15) is 0 Å². The van der Waals surface area contributed by atoms with Gasteiger partial charge in [-0.1, -0.05) is 0 Å². The molecular formula is C9H15NO3. The Hall–Kier alpha value is -1.05. The van der Waals surface area contributed by atoms with Crippen LogP contribution in [0.5, 0.6) is 0 Å². The SMILES string of the molecule is C#CCCCNCC(C)(O)C(=O)O. The number of aliphatic hydroxyl groups is 1. The summed E-state index contributed by atoms with van der Waals surface area (Å²) in [6, 6.07) is 0. The van der Waals surface area contributed by atoms with Gasteiger partial charge in [0.15, 0.2) is 5.60 Å². The van der Waals surface area contributed by atoms with Crippen molar-refractivity contribution in [1.82, 2.24) is 5.32 Å². The molecule has 0 amide bonds. The molecule has 0 aromatic rings. The van der Waals surface area contributed by atoms with E-state index in [1.165, 1.54) is 6.92 Å². The molecule has 0 aromatic heterocycles. The predicted molar refractivity (Wildman–Crippen MR) is 49.2 cm³/mol. The van der Waals surface area contributed by atoms with Crippen molar-refractivity contribution in [2.24, 2.45) is 0 Å². The van der Waals surface area contributed by atoms with Gasteiger partial charge in [0.25, 0.3) is 0 Å². The highest BCUT2D eigenvalue weighted by molar-refractivity contribution is 5.76. The van der Waals surface area contributed by atoms with Gasteiger partial charge < -0.3 is 15.5 Å². The third-order valence-electron chi connectivity index (χ3n) is 1.60. The second-order valence-electron chi connectivity index (χ2n) is 3.06. The van der Waals surface area contributed by atoms with Crippen molar-refractivity contribution < 1.29 is 15.0 Å². The van der Waals surface area contributed by atoms with Crippen LogP contribution in [0.4, 0.5) is 0 Å². The van der Waals surface area contributed by atoms with E-state index >= 15 is 0 Å². The zero-order chi connectivity index (χ0) is 10.3. The highest BCUT2D eigenvalue weighted by Crippen LogP contribution is 2.00. The largest absolute Gasteiger partial charge is 0.479 e. The fourth-order valence-corrected chi connectivity index (χ4v) is 0.723. The van der Waals surface area contributed by atoms with Crippen molar-refractivity contribution in [3.05, 3.63) is 0 Å². The molecule has 0 aromatic carbocycles. The predicted octanol–water partition coefficient (Wildman–Crippen LogP) is -0.175. The third kappa shape index (κ3) is 5.23. The van der Waals surface area contributed by atoms with E-state index in [0.29, 0.717) is 13.0 Å². The molecule has 0 saturated heterocycles. The van der Waals surface area contributed by atoms with Gasteiger partial charge in [-0.3, -0.25) is 0 Å². The molecule has 0 spiro atoms. The zero-order valence-corrected chi connectivity index (χ0v) is 7.71. The third-order valence-corrected chi connectivity index (χ3v) is 1.60. The number of hydrogen-bond acceptors (Lipinski definition) is 3. The van der Waals surface area contributed by atoms with Crippen LogP contribution in [0.1, 0.15) is 19.8 Å². The number of carbonyl (C=O) groups is 1. The molecule has 1 atom stereocenters. The lowest BCUT2D eigenvalue weighted by atomic mass is 10.1. The molecule has 4 nitrogen and oxygen atoms in total. The smallest absolute Gasteiger partial charge is 0.336 e. The lowest BCUT2D eigenvalue weighted by molar-refractivity contribution is -0.156. The van der Waals surface area contributed by atoms with Gasteiger partial charge in [-0.15, -0.1) is 12.3 Å². The van der Waals surface area contributed by atoms with E-state index in [4.69, 9.17) is 11.5 Å². The first-order chi connectivity index (χ1) is 6.00. The van der Waals surface area contributed by atoms with E-state index in [1.54, 1.807) is 0 Å². The normalized spacial score (nSPS) is 14.5. The number of carboxylic acid groups (broad SMARTS) is 1. The molecule has 0 saturated carbocycles. The Morgan fingerprint density at radius 2 is 2.31 bits per heavy atom. The van der Waals surface area contributed by atoms with Gasteiger partial charge in [0.1, 0.15) is 0 Å². The molecule has 0 aliphatic heterocycles. The van der Waals surface area contributed by atoms with E-state index in [1.807, 2.05) is 0 Å². The summed E-state index contributed by atoms with van der Waals surface area (Å²) >= 11 is 0. The molecule has 0 rings (SSSR count). The fraction of sp³-hybridized carbons (Fsp3) is 0.667. The summed E-state index contributed by atoms with van der Waals surface area (Å²) in [4.78, 5) is 10.4. The summed E-state index contributed by atoms with van der Waals surface area (Å²) in [7, 11) is 0. The van der Waals surface area contributed by atoms with E-state index in [2.05, 4.69) is 11.2 Å². The number of unbranched alkanes of at least 4 members (excludes halogenated alkanes) is 1. The van der Waals surface area contributed by atoms with Crippen LogP contribution in [-0.2, 0) is 4.79 Å². The van der Waals surface area contributed by atoms with Gasteiger partial charge in [-0.25, -0.2) is 4.79 Å². The highest BCUT2D eigenvalue weighted by Gasteiger charge is 2.28. The first kappa shape index (κ1) is 11.9. The monoisotopic (exact) mass is 185 g/mol. The van der Waals surface area contributed by atoms with Crippen LogP contribution >= 0.6 is 0 Å². The first-order valence-corrected chi connectivity index (χ1v) is 4.10. The van der Waals surface area contributed by atoms with Crippen LogP contribution in [0.3, 0.4) is 0 Å². The standard InChI is InChI=1S/C9H15NO3/c1-3-4-5-6-10-7-9(2,13)8(11)12/h1,10,13H,4-7H2,2H3,(H,11,12). The Kier molecular flexibility index (Phi) is 5.12. The average molecular weight is 185 g/mol. The van der Waals surface area contributed by atoms with Crippen LogP contribution in [0.2, 0.25) is 0 Å². The molecule has 74 valence electrons. The molecule has 0 radical (unpaired) electrons. The number of carboxylic acids is 1. The summed E-state index contributed by atoms with van der Waals surface area (Å²) in [5, 5.41) is 20.6. The maximum atomic E-state index is 10.4. The minimum atomic E-state index is -1.70. The maximum absolute atomic E-state index is 10.4. The summed E-state index contributed by atoms with van der Waals surface area (Å²) in [6.45, 7) is 1.91. The van der Waals surface area contributed by atoms with E-state index in [9.17, 15) is 9.90 Å². The van der Waals surface area contributed by atoms with E-state index < -0.39 is 11.6 Å². The summed E-state index contributed by atoms with van der Waals surface area (Å²) in [6.07, 6.45) is 6.46. The topological polar surface area (TPSA) is 69.6 Å². The lowest BCUT2D eigenvalue weighted by Gasteiger charge is -2.17. The molecule has 1 unspecified atom stereocenters. The number of rotatable bonds is 6. The van der Waals surface area contributed by atoms with Crippen molar-refractivity contribution in [2.45, 2.75) is 25.4 Å². The average Bonchev–Trinajstić information content (AvgIpc) is 2.03. The van der Waals surface area contributed by atoms with Gasteiger partial charge in [-0.05, 0) is 19.9 Å². The molecule has 0 heterocycles. The molecule has 0 aliphatic rings. The van der Waals surface area contributed by atoms with Gasteiger partial charge in [0.05, 0.1) is 0 Å². The van der Waals surface area contributed by atoms with Crippen LogP contribution in [-0.4, -0.2) is 34.9 Å².